The van der Waals surface area contributed by atoms with Gasteiger partial charge in [-0.15, -0.1) is 0 Å². The van der Waals surface area contributed by atoms with Crippen LogP contribution in [-0.2, 0) is 0 Å². The van der Waals surface area contributed by atoms with Gasteiger partial charge in [0.1, 0.15) is 5.69 Å². The van der Waals surface area contributed by atoms with Crippen LogP contribution in [0.1, 0.15) is 29.8 Å². The molecule has 0 aromatic carbocycles. The monoisotopic (exact) mass is 284 g/mol. The number of fused-ring (bicyclic) bond motifs is 5. The van der Waals surface area contributed by atoms with Gasteiger partial charge in [-0.3, -0.25) is 4.79 Å². The molecule has 0 spiro atoms. The summed E-state index contributed by atoms with van der Waals surface area (Å²) < 4.78 is 0. The van der Waals surface area contributed by atoms with Crippen LogP contribution in [-0.4, -0.2) is 46.5 Å². The lowest BCUT2D eigenvalue weighted by Crippen LogP contribution is -2.42. The number of pyridine rings is 1. The molecule has 3 aliphatic rings. The van der Waals surface area contributed by atoms with E-state index in [4.69, 9.17) is 0 Å². The molecule has 1 amide bonds. The van der Waals surface area contributed by atoms with Crippen LogP contribution in [0.15, 0.2) is 24.5 Å². The minimum Gasteiger partial charge on any atom is -0.360 e. The third kappa shape index (κ3) is 2.53. The fraction of sp³-hybridized carbons (Fsp3) is 0.500. The molecule has 0 aliphatic carbocycles. The summed E-state index contributed by atoms with van der Waals surface area (Å²) in [5.74, 6) is 0.722. The van der Waals surface area contributed by atoms with Gasteiger partial charge >= 0.3 is 0 Å². The van der Waals surface area contributed by atoms with Crippen molar-refractivity contribution >= 4 is 16.8 Å². The largest absolute Gasteiger partial charge is 0.360 e. The fourth-order valence-electron chi connectivity index (χ4n) is 3.63. The molecular formula is C16H20N4O. The highest BCUT2D eigenvalue weighted by Gasteiger charge is 2.30. The second-order valence-electron chi connectivity index (χ2n) is 6.28. The summed E-state index contributed by atoms with van der Waals surface area (Å²) in [6, 6.07) is 4.08. The molecule has 1 atom stereocenters. The van der Waals surface area contributed by atoms with Crippen molar-refractivity contribution in [2.75, 3.05) is 19.6 Å². The number of nitrogens with zero attached hydrogens (tertiary/aromatic N) is 2. The third-order valence-electron chi connectivity index (χ3n) is 4.81. The zero-order chi connectivity index (χ0) is 14.2. The van der Waals surface area contributed by atoms with Crippen LogP contribution < -0.4 is 5.32 Å². The minimum absolute atomic E-state index is 0.0504. The first-order valence-electron chi connectivity index (χ1n) is 7.74. The maximum atomic E-state index is 12.4. The van der Waals surface area contributed by atoms with E-state index in [0.29, 0.717) is 5.69 Å². The average molecular weight is 284 g/mol. The first-order valence-corrected chi connectivity index (χ1v) is 7.74. The Kier molecular flexibility index (Phi) is 3.15. The Balaban J connectivity index is 1.49. The van der Waals surface area contributed by atoms with Gasteiger partial charge in [-0.05, 0) is 50.4 Å². The molecule has 2 aromatic rings. The normalized spacial score (nSPS) is 28.5. The summed E-state index contributed by atoms with van der Waals surface area (Å²) in [5.41, 5.74) is 1.47. The van der Waals surface area contributed by atoms with Crippen molar-refractivity contribution in [3.63, 3.8) is 0 Å². The van der Waals surface area contributed by atoms with E-state index in [1.807, 2.05) is 18.3 Å². The Labute approximate surface area is 123 Å². The Morgan fingerprint density at radius 3 is 3.10 bits per heavy atom. The number of carbonyl (C=O) groups is 1. The standard InChI is InChI=1S/C16H20N4O/c21-16(14-8-12-1-4-17-15(12)9-18-14)19-13-7-11-2-5-20(10-13)6-3-11/h1,4,8-9,11,13,17H,2-3,5-7,10H2,(H,19,21). The molecule has 2 bridgehead atoms. The highest BCUT2D eigenvalue weighted by Crippen LogP contribution is 2.26. The number of aromatic nitrogens is 2. The van der Waals surface area contributed by atoms with Gasteiger partial charge in [-0.1, -0.05) is 0 Å². The lowest BCUT2D eigenvalue weighted by atomic mass is 9.94. The van der Waals surface area contributed by atoms with Crippen molar-refractivity contribution in [2.45, 2.75) is 25.3 Å². The predicted octanol–water partition coefficient (Wildman–Crippen LogP) is 1.78. The van der Waals surface area contributed by atoms with E-state index in [0.717, 1.165) is 29.8 Å². The van der Waals surface area contributed by atoms with Crippen molar-refractivity contribution in [2.24, 2.45) is 5.92 Å². The lowest BCUT2D eigenvalue weighted by Gasteiger charge is -2.26. The maximum Gasteiger partial charge on any atom is 0.270 e. The molecule has 1 unspecified atom stereocenters. The molecule has 2 N–H and O–H groups in total. The SMILES string of the molecule is O=C(NC1CC2CCN(CC2)C1)c1cc2cc[nH]c2cn1. The molecule has 5 heteroatoms. The van der Waals surface area contributed by atoms with E-state index in [-0.39, 0.29) is 11.9 Å². The number of hydrogen-bond acceptors (Lipinski definition) is 3. The lowest BCUT2D eigenvalue weighted by molar-refractivity contribution is 0.0924. The van der Waals surface area contributed by atoms with Gasteiger partial charge in [-0.2, -0.15) is 0 Å². The van der Waals surface area contributed by atoms with Crippen LogP contribution >= 0.6 is 0 Å². The molecule has 0 radical (unpaired) electrons. The Morgan fingerprint density at radius 1 is 1.38 bits per heavy atom. The van der Waals surface area contributed by atoms with Gasteiger partial charge in [-0.25, -0.2) is 4.98 Å². The zero-order valence-electron chi connectivity index (χ0n) is 12.0. The zero-order valence-corrected chi connectivity index (χ0v) is 12.0. The van der Waals surface area contributed by atoms with E-state index >= 15 is 0 Å². The second-order valence-corrected chi connectivity index (χ2v) is 6.28. The number of carbonyl (C=O) groups excluding carboxylic acids is 1. The molecule has 5 rings (SSSR count). The molecule has 5 nitrogen and oxygen atoms in total. The van der Waals surface area contributed by atoms with E-state index in [2.05, 4.69) is 20.2 Å². The van der Waals surface area contributed by atoms with Crippen LogP contribution in [0.4, 0.5) is 0 Å². The van der Waals surface area contributed by atoms with Crippen LogP contribution in [0.3, 0.4) is 0 Å². The molecular weight excluding hydrogens is 264 g/mol. The van der Waals surface area contributed by atoms with Crippen LogP contribution in [0, 0.1) is 5.92 Å². The Hall–Kier alpha value is -1.88. The van der Waals surface area contributed by atoms with Crippen molar-refractivity contribution in [1.82, 2.24) is 20.2 Å². The summed E-state index contributed by atoms with van der Waals surface area (Å²) in [6.45, 7) is 3.35. The summed E-state index contributed by atoms with van der Waals surface area (Å²) in [5, 5.41) is 4.21. The topological polar surface area (TPSA) is 61.0 Å². The molecule has 0 saturated carbocycles. The number of piperidine rings is 1. The van der Waals surface area contributed by atoms with E-state index in [1.165, 1.54) is 25.9 Å². The van der Waals surface area contributed by atoms with Crippen molar-refractivity contribution in [1.29, 1.82) is 0 Å². The molecule has 110 valence electrons. The van der Waals surface area contributed by atoms with Crippen LogP contribution in [0.5, 0.6) is 0 Å². The number of aromatic amines is 1. The number of nitrogens with one attached hydrogen (secondary N) is 2. The van der Waals surface area contributed by atoms with Gasteiger partial charge in [0.2, 0.25) is 0 Å². The smallest absolute Gasteiger partial charge is 0.270 e. The molecule has 3 aliphatic heterocycles. The van der Waals surface area contributed by atoms with Gasteiger partial charge in [0.05, 0.1) is 11.7 Å². The molecule has 21 heavy (non-hydrogen) atoms. The van der Waals surface area contributed by atoms with E-state index in [1.54, 1.807) is 6.20 Å². The molecule has 3 fully saturated rings. The molecule has 5 heterocycles. The highest BCUT2D eigenvalue weighted by atomic mass is 16.1. The Bertz CT molecular complexity index is 643. The summed E-state index contributed by atoms with van der Waals surface area (Å²) in [4.78, 5) is 22.3. The number of H-pyrrole nitrogens is 1. The van der Waals surface area contributed by atoms with Crippen LogP contribution in [0.2, 0.25) is 0 Å². The maximum absolute atomic E-state index is 12.4. The Morgan fingerprint density at radius 2 is 2.24 bits per heavy atom. The average Bonchev–Trinajstić information content (AvgIpc) is 2.78. The van der Waals surface area contributed by atoms with Crippen molar-refractivity contribution in [3.05, 3.63) is 30.2 Å². The van der Waals surface area contributed by atoms with Crippen molar-refractivity contribution < 1.29 is 4.79 Å². The van der Waals surface area contributed by atoms with Gasteiger partial charge in [0.15, 0.2) is 0 Å². The number of amides is 1. The van der Waals surface area contributed by atoms with Crippen LogP contribution in [0.25, 0.3) is 10.9 Å². The molecule has 2 aromatic heterocycles. The minimum atomic E-state index is -0.0504. The van der Waals surface area contributed by atoms with Crippen molar-refractivity contribution in [3.8, 4) is 0 Å². The van der Waals surface area contributed by atoms with Gasteiger partial charge in [0.25, 0.3) is 5.91 Å². The van der Waals surface area contributed by atoms with Gasteiger partial charge < -0.3 is 15.2 Å². The second kappa shape index (κ2) is 5.15. The first-order chi connectivity index (χ1) is 10.3. The quantitative estimate of drug-likeness (QED) is 0.883. The molecule has 3 saturated heterocycles. The predicted molar refractivity (Wildman–Crippen MR) is 81.1 cm³/mol. The summed E-state index contributed by atoms with van der Waals surface area (Å²) in [7, 11) is 0. The summed E-state index contributed by atoms with van der Waals surface area (Å²) in [6.07, 6.45) is 7.25. The number of hydrogen-bond donors (Lipinski definition) is 2. The first kappa shape index (κ1) is 12.8. The number of rotatable bonds is 2. The highest BCUT2D eigenvalue weighted by molar-refractivity contribution is 5.95. The fourth-order valence-corrected chi connectivity index (χ4v) is 3.63. The summed E-state index contributed by atoms with van der Waals surface area (Å²) >= 11 is 0. The van der Waals surface area contributed by atoms with Gasteiger partial charge in [0, 0.05) is 24.2 Å². The third-order valence-corrected chi connectivity index (χ3v) is 4.81. The van der Waals surface area contributed by atoms with E-state index < -0.39 is 0 Å². The van der Waals surface area contributed by atoms with E-state index in [9.17, 15) is 4.79 Å².